The second-order valence-electron chi connectivity index (χ2n) is 12.0. The van der Waals surface area contributed by atoms with Crippen molar-refractivity contribution in [1.29, 1.82) is 0 Å². The number of ether oxygens (including phenoxy) is 1. The molecule has 0 aliphatic heterocycles. The predicted octanol–water partition coefficient (Wildman–Crippen LogP) is 8.95. The number of nitrogens with zero attached hydrogens (tertiary/aromatic N) is 3. The number of azo groups is 1. The Morgan fingerprint density at radius 2 is 1.47 bits per heavy atom. The zero-order chi connectivity index (χ0) is 36.7. The standard InChI is InChI=1S/C42H32N6O5/c1-53-37-19-17-29(41(51)45-31-12-3-2-4-13-31)23-36(37)47-48-38-33-18-16-28(40(50)44-25-26-9-8-20-43-24-26)21-30(33)22-34(39(38)49)42(52)46-35-15-7-11-27-10-5-6-14-32(27)35/h2-24,49H,25H2,1H3,(H,44,50)(H,45,51)(H,46,52). The van der Waals surface area contributed by atoms with Gasteiger partial charge in [-0.15, -0.1) is 10.2 Å². The molecular formula is C42H32N6O5. The maximum Gasteiger partial charge on any atom is 0.259 e. The number of carbonyl (C=O) groups excluding carboxylic acids is 3. The second kappa shape index (κ2) is 15.2. The van der Waals surface area contributed by atoms with Gasteiger partial charge in [0.15, 0.2) is 5.75 Å². The molecule has 7 aromatic rings. The summed E-state index contributed by atoms with van der Waals surface area (Å²) < 4.78 is 5.50. The van der Waals surface area contributed by atoms with E-state index in [2.05, 4.69) is 31.2 Å². The van der Waals surface area contributed by atoms with E-state index in [-0.39, 0.29) is 35.3 Å². The Balaban J connectivity index is 1.27. The first-order valence-corrected chi connectivity index (χ1v) is 16.6. The maximum atomic E-state index is 13.9. The van der Waals surface area contributed by atoms with E-state index in [1.807, 2.05) is 60.7 Å². The van der Waals surface area contributed by atoms with E-state index in [1.165, 1.54) is 19.2 Å². The number of aromatic nitrogens is 1. The average molecular weight is 701 g/mol. The predicted molar refractivity (Wildman–Crippen MR) is 204 cm³/mol. The Kier molecular flexibility index (Phi) is 9.79. The minimum absolute atomic E-state index is 0.0194. The van der Waals surface area contributed by atoms with E-state index >= 15 is 0 Å². The van der Waals surface area contributed by atoms with Gasteiger partial charge in [-0.05, 0) is 77.0 Å². The Hall–Kier alpha value is -7.40. The number of benzene rings is 6. The molecule has 7 rings (SSSR count). The fraction of sp³-hybridized carbons (Fsp3) is 0.0476. The highest BCUT2D eigenvalue weighted by atomic mass is 16.5. The van der Waals surface area contributed by atoms with E-state index in [9.17, 15) is 19.5 Å². The van der Waals surface area contributed by atoms with Gasteiger partial charge in [0.2, 0.25) is 0 Å². The lowest BCUT2D eigenvalue weighted by molar-refractivity contribution is 0.0949. The monoisotopic (exact) mass is 700 g/mol. The van der Waals surface area contributed by atoms with Crippen molar-refractivity contribution in [3.63, 3.8) is 0 Å². The summed E-state index contributed by atoms with van der Waals surface area (Å²) in [6.07, 6.45) is 3.32. The summed E-state index contributed by atoms with van der Waals surface area (Å²) in [5, 5.41) is 31.8. The van der Waals surface area contributed by atoms with Gasteiger partial charge in [-0.3, -0.25) is 19.4 Å². The van der Waals surface area contributed by atoms with Crippen molar-refractivity contribution in [2.75, 3.05) is 17.7 Å². The highest BCUT2D eigenvalue weighted by Gasteiger charge is 2.21. The van der Waals surface area contributed by atoms with Gasteiger partial charge >= 0.3 is 0 Å². The number of rotatable bonds is 10. The number of carbonyl (C=O) groups is 3. The molecule has 0 spiro atoms. The topological polar surface area (TPSA) is 154 Å². The Labute approximate surface area is 304 Å². The molecule has 0 atom stereocenters. The van der Waals surface area contributed by atoms with Crippen LogP contribution in [0.4, 0.5) is 22.7 Å². The van der Waals surface area contributed by atoms with Crippen LogP contribution in [0.15, 0.2) is 150 Å². The Morgan fingerprint density at radius 3 is 2.28 bits per heavy atom. The van der Waals surface area contributed by atoms with Gasteiger partial charge in [-0.1, -0.05) is 66.7 Å². The van der Waals surface area contributed by atoms with E-state index in [4.69, 9.17) is 4.74 Å². The van der Waals surface area contributed by atoms with E-state index in [0.717, 1.165) is 16.3 Å². The number of methoxy groups -OCH3 is 1. The summed E-state index contributed by atoms with van der Waals surface area (Å²) in [6, 6.07) is 36.9. The average Bonchev–Trinajstić information content (AvgIpc) is 3.20. The first kappa shape index (κ1) is 34.1. The Morgan fingerprint density at radius 1 is 0.698 bits per heavy atom. The number of aromatic hydroxyl groups is 1. The van der Waals surface area contributed by atoms with Crippen LogP contribution in [0.2, 0.25) is 0 Å². The number of pyridine rings is 1. The van der Waals surface area contributed by atoms with Gasteiger partial charge in [0, 0.05) is 52.2 Å². The lowest BCUT2D eigenvalue weighted by Crippen LogP contribution is -2.22. The van der Waals surface area contributed by atoms with Crippen molar-refractivity contribution in [3.8, 4) is 11.5 Å². The van der Waals surface area contributed by atoms with E-state index < -0.39 is 11.7 Å². The summed E-state index contributed by atoms with van der Waals surface area (Å²) >= 11 is 0. The van der Waals surface area contributed by atoms with Crippen molar-refractivity contribution >= 4 is 62.0 Å². The zero-order valence-corrected chi connectivity index (χ0v) is 28.4. The summed E-state index contributed by atoms with van der Waals surface area (Å²) in [6.45, 7) is 0.267. The van der Waals surface area contributed by atoms with Crippen molar-refractivity contribution in [2.24, 2.45) is 10.2 Å². The molecule has 11 nitrogen and oxygen atoms in total. The van der Waals surface area contributed by atoms with Crippen LogP contribution in [0.5, 0.6) is 11.5 Å². The molecule has 1 aromatic heterocycles. The van der Waals surface area contributed by atoms with Gasteiger partial charge < -0.3 is 25.8 Å². The van der Waals surface area contributed by atoms with E-state index in [0.29, 0.717) is 39.0 Å². The van der Waals surface area contributed by atoms with Gasteiger partial charge in [0.1, 0.15) is 17.1 Å². The zero-order valence-electron chi connectivity index (χ0n) is 28.4. The van der Waals surface area contributed by atoms with Crippen molar-refractivity contribution in [2.45, 2.75) is 6.54 Å². The normalized spacial score (nSPS) is 11.0. The molecular weight excluding hydrogens is 668 g/mol. The molecule has 0 saturated heterocycles. The van der Waals surface area contributed by atoms with Crippen LogP contribution in [-0.4, -0.2) is 34.9 Å². The molecule has 0 unspecified atom stereocenters. The van der Waals surface area contributed by atoms with Crippen LogP contribution in [0.3, 0.4) is 0 Å². The highest BCUT2D eigenvalue weighted by Crippen LogP contribution is 2.41. The number of anilines is 2. The third-order valence-corrected chi connectivity index (χ3v) is 8.54. The molecule has 0 fully saturated rings. The van der Waals surface area contributed by atoms with E-state index in [1.54, 1.807) is 67.0 Å². The summed E-state index contributed by atoms with van der Waals surface area (Å²) in [5.41, 5.74) is 2.73. The van der Waals surface area contributed by atoms with Crippen molar-refractivity contribution < 1.29 is 24.2 Å². The first-order chi connectivity index (χ1) is 25.9. The molecule has 0 radical (unpaired) electrons. The fourth-order valence-electron chi connectivity index (χ4n) is 5.84. The number of para-hydroxylation sites is 1. The minimum Gasteiger partial charge on any atom is -0.505 e. The van der Waals surface area contributed by atoms with Gasteiger partial charge in [0.25, 0.3) is 17.7 Å². The van der Waals surface area contributed by atoms with Gasteiger partial charge in [-0.2, -0.15) is 0 Å². The fourth-order valence-corrected chi connectivity index (χ4v) is 5.84. The molecule has 0 aliphatic carbocycles. The van der Waals surface area contributed by atoms with Crippen LogP contribution in [0.25, 0.3) is 21.5 Å². The number of nitrogens with one attached hydrogen (secondary N) is 3. The van der Waals surface area contributed by atoms with Gasteiger partial charge in [-0.25, -0.2) is 0 Å². The number of hydrogen-bond donors (Lipinski definition) is 4. The molecule has 3 amide bonds. The number of amides is 3. The molecule has 0 bridgehead atoms. The van der Waals surface area contributed by atoms with Crippen LogP contribution in [0.1, 0.15) is 36.6 Å². The molecule has 0 aliphatic rings. The number of phenolic OH excluding ortho intramolecular Hbond substituents is 1. The van der Waals surface area contributed by atoms with Crippen LogP contribution < -0.4 is 20.7 Å². The molecule has 1 heterocycles. The first-order valence-electron chi connectivity index (χ1n) is 16.6. The quantitative estimate of drug-likeness (QED) is 0.104. The third kappa shape index (κ3) is 7.54. The van der Waals surface area contributed by atoms with Crippen molar-refractivity contribution in [3.05, 3.63) is 162 Å². The second-order valence-corrected chi connectivity index (χ2v) is 12.0. The highest BCUT2D eigenvalue weighted by molar-refractivity contribution is 6.15. The third-order valence-electron chi connectivity index (χ3n) is 8.54. The Bertz CT molecular complexity index is 2520. The van der Waals surface area contributed by atoms with Crippen LogP contribution >= 0.6 is 0 Å². The van der Waals surface area contributed by atoms with Crippen molar-refractivity contribution in [1.82, 2.24) is 10.3 Å². The molecule has 11 heteroatoms. The summed E-state index contributed by atoms with van der Waals surface area (Å²) in [4.78, 5) is 44.3. The molecule has 6 aromatic carbocycles. The van der Waals surface area contributed by atoms with Gasteiger partial charge in [0.05, 0.1) is 12.7 Å². The number of fused-ring (bicyclic) bond motifs is 2. The lowest BCUT2D eigenvalue weighted by Gasteiger charge is -2.14. The van der Waals surface area contributed by atoms with Crippen LogP contribution in [-0.2, 0) is 6.54 Å². The molecule has 260 valence electrons. The molecule has 53 heavy (non-hydrogen) atoms. The minimum atomic E-state index is -0.596. The molecule has 0 saturated carbocycles. The summed E-state index contributed by atoms with van der Waals surface area (Å²) in [7, 11) is 1.46. The SMILES string of the molecule is COc1ccc(C(=O)Nc2ccccc2)cc1N=Nc1c(O)c(C(=O)Nc2cccc3ccccc23)cc2cc(C(=O)NCc3cccnc3)ccc12. The largest absolute Gasteiger partial charge is 0.505 e. The number of hydrogen-bond acceptors (Lipinski definition) is 8. The maximum absolute atomic E-state index is 13.9. The van der Waals surface area contributed by atoms with Crippen LogP contribution in [0, 0.1) is 0 Å². The smallest absolute Gasteiger partial charge is 0.259 e. The summed E-state index contributed by atoms with van der Waals surface area (Å²) in [5.74, 6) is -1.41. The lowest BCUT2D eigenvalue weighted by atomic mass is 10.00. The molecule has 4 N–H and O–H groups in total. The number of phenols is 1.